The van der Waals surface area contributed by atoms with Crippen LogP contribution in [-0.2, 0) is 19.1 Å². The van der Waals surface area contributed by atoms with Crippen molar-refractivity contribution in [3.63, 3.8) is 0 Å². The van der Waals surface area contributed by atoms with E-state index >= 15 is 0 Å². The highest BCUT2D eigenvalue weighted by Gasteiger charge is 2.60. The quantitative estimate of drug-likeness (QED) is 0.180. The number of hydrogen-bond donors (Lipinski definition) is 0. The number of esters is 2. The number of fused-ring (bicyclic) bond motifs is 15. The molecule has 12 rings (SSSR count). The summed E-state index contributed by atoms with van der Waals surface area (Å²) in [6.07, 6.45) is 48.5. The number of rotatable bonds is 8. The van der Waals surface area contributed by atoms with Gasteiger partial charge in [-0.05, 0) is 289 Å². The molecule has 80 heavy (non-hydrogen) atoms. The fourth-order valence-electron chi connectivity index (χ4n) is 23.1. The van der Waals surface area contributed by atoms with Crippen molar-refractivity contribution < 1.29 is 19.1 Å². The second-order valence-electron chi connectivity index (χ2n) is 31.8. The molecule has 0 N–H and O–H groups in total. The molecule has 4 nitrogen and oxygen atoms in total. The van der Waals surface area contributed by atoms with Crippen LogP contribution in [0.2, 0.25) is 0 Å². The molecule has 452 valence electrons. The van der Waals surface area contributed by atoms with E-state index in [4.69, 9.17) is 9.47 Å². The lowest BCUT2D eigenvalue weighted by Gasteiger charge is -2.57. The van der Waals surface area contributed by atoms with Crippen molar-refractivity contribution in [1.82, 2.24) is 0 Å². The van der Waals surface area contributed by atoms with Crippen molar-refractivity contribution >= 4 is 11.9 Å². The first-order chi connectivity index (χ1) is 37.1. The van der Waals surface area contributed by atoms with Gasteiger partial charge in [0.15, 0.2) is 0 Å². The lowest BCUT2D eigenvalue weighted by molar-refractivity contribution is -0.141. The average Bonchev–Trinajstić information content (AvgIpc) is 3.95. The lowest BCUT2D eigenvalue weighted by Crippen LogP contribution is -2.48. The summed E-state index contributed by atoms with van der Waals surface area (Å²) in [5, 5.41) is 0. The smallest absolute Gasteiger partial charge is 0.305 e. The molecule has 21 atom stereocenters. The van der Waals surface area contributed by atoms with Crippen LogP contribution < -0.4 is 0 Å². The fourth-order valence-corrected chi connectivity index (χ4v) is 23.1. The molecular weight excluding hydrogens is 977 g/mol. The molecule has 0 saturated heterocycles. The van der Waals surface area contributed by atoms with Gasteiger partial charge in [-0.15, -0.1) is 0 Å². The Kier molecular flexibility index (Phi) is 19.5. The van der Waals surface area contributed by atoms with Gasteiger partial charge in [0.05, 0.1) is 14.2 Å². The molecule has 0 aromatic rings. The highest BCUT2D eigenvalue weighted by Crippen LogP contribution is 2.69. The van der Waals surface area contributed by atoms with Gasteiger partial charge in [-0.25, -0.2) is 0 Å². The van der Waals surface area contributed by atoms with E-state index in [9.17, 15) is 9.59 Å². The minimum Gasteiger partial charge on any atom is -0.469 e. The van der Waals surface area contributed by atoms with E-state index in [0.29, 0.717) is 57.2 Å². The zero-order chi connectivity index (χ0) is 55.7. The molecule has 0 bridgehead atoms. The minimum atomic E-state index is -0.0734. The van der Waals surface area contributed by atoms with Gasteiger partial charge in [0.2, 0.25) is 0 Å². The molecule has 0 aromatic carbocycles. The molecule has 12 aliphatic rings. The normalized spacial score (nSPS) is 45.7. The fraction of sp³-hybridized carbons (Fsp3) is 0.842. The van der Waals surface area contributed by atoms with Gasteiger partial charge in [-0.1, -0.05) is 149 Å². The molecule has 8 fully saturated rings. The Morgan fingerprint density at radius 1 is 0.537 bits per heavy atom. The number of methoxy groups -OCH3 is 2. The van der Waals surface area contributed by atoms with E-state index in [1.807, 2.05) is 16.7 Å². The maximum atomic E-state index is 11.6. The number of carbonyl (C=O) groups is 2. The maximum Gasteiger partial charge on any atom is 0.305 e. The summed E-state index contributed by atoms with van der Waals surface area (Å²) >= 11 is 0. The average molecular weight is 1100 g/mol. The summed E-state index contributed by atoms with van der Waals surface area (Å²) in [7, 11) is 3.01. The van der Waals surface area contributed by atoms with Crippen molar-refractivity contribution in [2.45, 2.75) is 271 Å². The molecule has 0 amide bonds. The standard InChI is InChI=1S/C26H42O2.C26H40O2.C22H34.2CH4/c2*1-17-12-14-25(3)19(16-17)7-8-20-22-10-9-21(18(2)6-11-24(27)28-5)26(22,4)15-13-23(20)25;1-5-16-7-9-19-18-8-6-17-14-15(2)10-12-22(17,4)20(18)11-13-21(16,19)3;;/h13,17-22H,6-12,14-16H2,1-5H3;9,13,17-20,22H,6-8,10-12,14-16H2,1-5H3;5,11,15,17-19H,6-10,12-14H2,1-4H3;2*1H4/b;;16-5-;;/t17-,18-,19-,20?,21?,22?,25+,26-;17-,18-,19-,20?,22?,25+,26-;15-,17-,18?,19?,21-,22+;;/m111../s1. The second kappa shape index (κ2) is 24.6. The molecule has 12 aliphatic carbocycles. The first-order valence-corrected chi connectivity index (χ1v) is 33.7. The molecular formula is C76H124O4. The minimum absolute atomic E-state index is 0. The van der Waals surface area contributed by atoms with Gasteiger partial charge in [-0.2, -0.15) is 0 Å². The van der Waals surface area contributed by atoms with Crippen LogP contribution in [-0.4, -0.2) is 26.2 Å². The second-order valence-corrected chi connectivity index (χ2v) is 31.8. The van der Waals surface area contributed by atoms with Gasteiger partial charge in [0.1, 0.15) is 0 Å². The van der Waals surface area contributed by atoms with Gasteiger partial charge < -0.3 is 9.47 Å². The highest BCUT2D eigenvalue weighted by atomic mass is 16.5. The van der Waals surface area contributed by atoms with Crippen LogP contribution in [0.4, 0.5) is 0 Å². The van der Waals surface area contributed by atoms with Gasteiger partial charge >= 0.3 is 11.9 Å². The third kappa shape index (κ3) is 11.0. The molecule has 4 heteroatoms. The van der Waals surface area contributed by atoms with Crippen molar-refractivity contribution in [3.8, 4) is 0 Å². The Balaban J connectivity index is 0.000000157. The Hall–Kier alpha value is -2.36. The summed E-state index contributed by atoms with van der Waals surface area (Å²) in [5.74, 6) is 12.5. The lowest BCUT2D eigenvalue weighted by atomic mass is 9.48. The molecule has 0 aliphatic heterocycles. The largest absolute Gasteiger partial charge is 0.469 e. The van der Waals surface area contributed by atoms with Gasteiger partial charge in [0, 0.05) is 12.8 Å². The van der Waals surface area contributed by atoms with Crippen LogP contribution in [0.5, 0.6) is 0 Å². The zero-order valence-electron chi connectivity index (χ0n) is 52.8. The third-order valence-electron chi connectivity index (χ3n) is 28.0. The predicted molar refractivity (Wildman–Crippen MR) is 338 cm³/mol. The highest BCUT2D eigenvalue weighted by molar-refractivity contribution is 5.69. The van der Waals surface area contributed by atoms with E-state index in [2.05, 4.69) is 113 Å². The Labute approximate surface area is 493 Å². The summed E-state index contributed by atoms with van der Waals surface area (Å²) in [5.41, 5.74) is 11.8. The molecule has 8 saturated carbocycles. The SMILES string of the molecule is C.C.C/C=C1/CCC2C3CC[C@@H]4C[C@H](C)CC[C@]4(C)C3=CC[C@]12C.COC(=O)CC[C@@H](C)C1=CCC2C3CC[C@@H]4C[C@H](C)CC[C@]4(C)C3=CC[C@]12C.COC(=O)CC[C@@H](C)C1CCC2C3CC[C@@H]4C[C@H](C)CC[C@]4(C)C3=CC[C@@]21C. The van der Waals surface area contributed by atoms with Crippen LogP contribution in [0.3, 0.4) is 0 Å². The summed E-state index contributed by atoms with van der Waals surface area (Å²) in [4.78, 5) is 23.3. The molecule has 7 unspecified atom stereocenters. The zero-order valence-corrected chi connectivity index (χ0v) is 52.8. The van der Waals surface area contributed by atoms with E-state index < -0.39 is 0 Å². The van der Waals surface area contributed by atoms with Crippen LogP contribution in [0.25, 0.3) is 0 Å². The summed E-state index contributed by atoms with van der Waals surface area (Å²) in [6.45, 7) is 29.9. The first-order valence-electron chi connectivity index (χ1n) is 33.7. The van der Waals surface area contributed by atoms with Crippen LogP contribution in [0.15, 0.2) is 58.2 Å². The summed E-state index contributed by atoms with van der Waals surface area (Å²) < 4.78 is 9.75. The Morgan fingerprint density at radius 3 is 1.48 bits per heavy atom. The molecule has 0 heterocycles. The molecule has 0 radical (unpaired) electrons. The van der Waals surface area contributed by atoms with E-state index in [0.717, 1.165) is 89.8 Å². The predicted octanol–water partition coefficient (Wildman–Crippen LogP) is 21.3. The number of ether oxygens (including phenoxy) is 2. The Bertz CT molecular complexity index is 2320. The Morgan fingerprint density at radius 2 is 0.988 bits per heavy atom. The van der Waals surface area contributed by atoms with Crippen molar-refractivity contribution in [1.29, 1.82) is 0 Å². The topological polar surface area (TPSA) is 52.6 Å². The third-order valence-corrected chi connectivity index (χ3v) is 28.0. The van der Waals surface area contributed by atoms with Crippen LogP contribution in [0, 0.1) is 121 Å². The molecule has 0 aromatic heterocycles. The van der Waals surface area contributed by atoms with E-state index in [1.54, 1.807) is 11.1 Å². The summed E-state index contributed by atoms with van der Waals surface area (Å²) in [6, 6.07) is 0. The monoisotopic (exact) mass is 1100 g/mol. The van der Waals surface area contributed by atoms with Gasteiger partial charge in [0.25, 0.3) is 0 Å². The van der Waals surface area contributed by atoms with Crippen LogP contribution >= 0.6 is 0 Å². The number of allylic oxidation sites excluding steroid dienone is 10. The van der Waals surface area contributed by atoms with Crippen molar-refractivity contribution in [2.24, 2.45) is 121 Å². The van der Waals surface area contributed by atoms with Crippen molar-refractivity contribution in [2.75, 3.05) is 14.2 Å². The van der Waals surface area contributed by atoms with E-state index in [-0.39, 0.29) is 26.8 Å². The van der Waals surface area contributed by atoms with Gasteiger partial charge in [-0.3, -0.25) is 9.59 Å². The number of hydrogen-bond acceptors (Lipinski definition) is 4. The first kappa shape index (κ1) is 63.7. The molecule has 0 spiro atoms. The van der Waals surface area contributed by atoms with Crippen molar-refractivity contribution in [3.05, 3.63) is 58.2 Å². The van der Waals surface area contributed by atoms with E-state index in [1.165, 1.54) is 162 Å². The number of carbonyl (C=O) groups excluding carboxylic acids is 2. The van der Waals surface area contributed by atoms with Crippen LogP contribution in [0.1, 0.15) is 271 Å². The maximum absolute atomic E-state index is 11.6.